The van der Waals surface area contributed by atoms with Crippen LogP contribution in [0.2, 0.25) is 0 Å². The maximum atomic E-state index is 3.67. The number of halogens is 1. The molecule has 0 N–H and O–H groups in total. The van der Waals surface area contributed by atoms with Crippen LogP contribution >= 0.6 is 15.9 Å². The number of hydrogen-bond donors (Lipinski definition) is 0. The Balaban J connectivity index is 1.19. The van der Waals surface area contributed by atoms with Crippen molar-refractivity contribution in [3.8, 4) is 33.4 Å². The van der Waals surface area contributed by atoms with Crippen LogP contribution in [0.3, 0.4) is 0 Å². The molecule has 38 heavy (non-hydrogen) atoms. The minimum absolute atomic E-state index is 0.0194. The smallest absolute Gasteiger partial charge is 0.0178 e. The molecule has 0 heterocycles. The van der Waals surface area contributed by atoms with Gasteiger partial charge in [-0.2, -0.15) is 0 Å². The lowest BCUT2D eigenvalue weighted by atomic mass is 9.81. The summed E-state index contributed by atoms with van der Waals surface area (Å²) in [7, 11) is 0. The van der Waals surface area contributed by atoms with Gasteiger partial charge in [0.1, 0.15) is 0 Å². The van der Waals surface area contributed by atoms with Crippen LogP contribution < -0.4 is 0 Å². The molecule has 0 aliphatic heterocycles. The molecule has 0 spiro atoms. The van der Waals surface area contributed by atoms with Gasteiger partial charge in [-0.15, -0.1) is 0 Å². The molecule has 8 rings (SSSR count). The Labute approximate surface area is 231 Å². The van der Waals surface area contributed by atoms with Gasteiger partial charge >= 0.3 is 0 Å². The first-order chi connectivity index (χ1) is 18.5. The molecule has 7 aromatic rings. The Hall–Kier alpha value is -3.94. The van der Waals surface area contributed by atoms with Crippen LogP contribution in [0.15, 0.2) is 120 Å². The highest BCUT2D eigenvalue weighted by atomic mass is 79.9. The quantitative estimate of drug-likeness (QED) is 0.188. The van der Waals surface area contributed by atoms with Crippen molar-refractivity contribution in [3.63, 3.8) is 0 Å². The SMILES string of the molecule is CC1(C)c2cc(Br)ccc2-c2ccc(-c3ccc(-c4cc5ccc6cccc7ccc(c4)c5c67)cc3)cc21. The van der Waals surface area contributed by atoms with Gasteiger partial charge in [0.25, 0.3) is 0 Å². The average molecular weight is 550 g/mol. The second-order valence-corrected chi connectivity index (χ2v) is 12.1. The van der Waals surface area contributed by atoms with Crippen molar-refractivity contribution in [1.29, 1.82) is 0 Å². The zero-order chi connectivity index (χ0) is 25.6. The molecule has 0 bridgehead atoms. The Morgan fingerprint density at radius 2 is 0.947 bits per heavy atom. The summed E-state index contributed by atoms with van der Waals surface area (Å²) < 4.78 is 1.14. The zero-order valence-corrected chi connectivity index (χ0v) is 22.9. The van der Waals surface area contributed by atoms with Crippen molar-refractivity contribution >= 4 is 48.2 Å². The standard InChI is InChI=1S/C37H25Br/c1-37(2)33-20-26(14-16-31(33)32-17-15-30(38)21-34(32)37)22-6-8-23(9-7-22)29-18-27-12-10-24-4-3-5-25-11-13-28(19-29)36(27)35(24)25/h3-21H,1-2H3. The van der Waals surface area contributed by atoms with Gasteiger partial charge in [-0.05, 0) is 107 Å². The van der Waals surface area contributed by atoms with E-state index in [-0.39, 0.29) is 5.41 Å². The van der Waals surface area contributed by atoms with E-state index in [0.717, 1.165) is 4.47 Å². The molecule has 0 unspecified atom stereocenters. The van der Waals surface area contributed by atoms with Gasteiger partial charge in [0.15, 0.2) is 0 Å². The summed E-state index contributed by atoms with van der Waals surface area (Å²) in [6.45, 7) is 4.67. The van der Waals surface area contributed by atoms with Gasteiger partial charge in [-0.25, -0.2) is 0 Å². The number of benzene rings is 7. The number of hydrogen-bond acceptors (Lipinski definition) is 0. The van der Waals surface area contributed by atoms with Crippen LogP contribution in [0.4, 0.5) is 0 Å². The van der Waals surface area contributed by atoms with E-state index in [9.17, 15) is 0 Å². The molecular weight excluding hydrogens is 524 g/mol. The molecule has 1 heteroatoms. The van der Waals surface area contributed by atoms with Crippen molar-refractivity contribution in [1.82, 2.24) is 0 Å². The second-order valence-electron chi connectivity index (χ2n) is 11.2. The molecule has 7 aromatic carbocycles. The van der Waals surface area contributed by atoms with Crippen LogP contribution in [0.5, 0.6) is 0 Å². The van der Waals surface area contributed by atoms with Gasteiger partial charge in [0.2, 0.25) is 0 Å². The van der Waals surface area contributed by atoms with Gasteiger partial charge in [-0.3, -0.25) is 0 Å². The van der Waals surface area contributed by atoms with E-state index in [1.807, 2.05) is 0 Å². The fourth-order valence-corrected chi connectivity index (χ4v) is 7.03. The fraction of sp³-hybridized carbons (Fsp3) is 0.0811. The first-order valence-corrected chi connectivity index (χ1v) is 14.0. The van der Waals surface area contributed by atoms with Crippen LogP contribution in [0, 0.1) is 0 Å². The monoisotopic (exact) mass is 548 g/mol. The predicted molar refractivity (Wildman–Crippen MR) is 166 cm³/mol. The van der Waals surface area contributed by atoms with Crippen molar-refractivity contribution < 1.29 is 0 Å². The topological polar surface area (TPSA) is 0 Å². The van der Waals surface area contributed by atoms with Gasteiger partial charge in [0.05, 0.1) is 0 Å². The highest BCUT2D eigenvalue weighted by Gasteiger charge is 2.35. The summed E-state index contributed by atoms with van der Waals surface area (Å²) in [5.41, 5.74) is 10.5. The summed E-state index contributed by atoms with van der Waals surface area (Å²) in [5.74, 6) is 0. The lowest BCUT2D eigenvalue weighted by Crippen LogP contribution is -2.15. The summed E-state index contributed by atoms with van der Waals surface area (Å²) in [4.78, 5) is 0. The van der Waals surface area contributed by atoms with Crippen LogP contribution in [0.1, 0.15) is 25.0 Å². The highest BCUT2D eigenvalue weighted by molar-refractivity contribution is 9.10. The van der Waals surface area contributed by atoms with Crippen LogP contribution in [-0.2, 0) is 5.41 Å². The second kappa shape index (κ2) is 7.79. The van der Waals surface area contributed by atoms with E-state index in [1.165, 1.54) is 76.8 Å². The first-order valence-electron chi connectivity index (χ1n) is 13.2. The Morgan fingerprint density at radius 1 is 0.447 bits per heavy atom. The van der Waals surface area contributed by atoms with Gasteiger partial charge in [-0.1, -0.05) is 115 Å². The molecule has 1 aliphatic rings. The third kappa shape index (κ3) is 3.09. The molecule has 0 fully saturated rings. The molecule has 0 aromatic heterocycles. The third-order valence-corrected chi connectivity index (χ3v) is 9.15. The van der Waals surface area contributed by atoms with Crippen LogP contribution in [0.25, 0.3) is 65.7 Å². The van der Waals surface area contributed by atoms with Crippen molar-refractivity contribution in [2.24, 2.45) is 0 Å². The van der Waals surface area contributed by atoms with E-state index in [0.29, 0.717) is 0 Å². The largest absolute Gasteiger partial charge is 0.0610 e. The minimum atomic E-state index is -0.0194. The number of rotatable bonds is 2. The van der Waals surface area contributed by atoms with E-state index in [2.05, 4.69) is 145 Å². The molecule has 0 radical (unpaired) electrons. The Bertz CT molecular complexity index is 1980. The van der Waals surface area contributed by atoms with E-state index in [1.54, 1.807) is 0 Å². The van der Waals surface area contributed by atoms with E-state index >= 15 is 0 Å². The lowest BCUT2D eigenvalue weighted by molar-refractivity contribution is 0.660. The summed E-state index contributed by atoms with van der Waals surface area (Å²) >= 11 is 3.67. The first kappa shape index (κ1) is 22.1. The Kier molecular flexibility index (Phi) is 4.52. The Morgan fingerprint density at radius 3 is 1.61 bits per heavy atom. The van der Waals surface area contributed by atoms with Crippen LogP contribution in [-0.4, -0.2) is 0 Å². The molecule has 0 saturated carbocycles. The molecule has 0 atom stereocenters. The van der Waals surface area contributed by atoms with Crippen molar-refractivity contribution in [2.45, 2.75) is 19.3 Å². The summed E-state index contributed by atoms with van der Waals surface area (Å²) in [6, 6.07) is 43.0. The van der Waals surface area contributed by atoms with Gasteiger partial charge < -0.3 is 0 Å². The average Bonchev–Trinajstić information content (AvgIpc) is 3.17. The molecule has 1 aliphatic carbocycles. The molecule has 0 amide bonds. The van der Waals surface area contributed by atoms with E-state index < -0.39 is 0 Å². The maximum absolute atomic E-state index is 3.67. The lowest BCUT2D eigenvalue weighted by Gasteiger charge is -2.22. The maximum Gasteiger partial charge on any atom is 0.0178 e. The zero-order valence-electron chi connectivity index (χ0n) is 21.3. The molecule has 0 nitrogen and oxygen atoms in total. The van der Waals surface area contributed by atoms with Crippen molar-refractivity contribution in [3.05, 3.63) is 131 Å². The predicted octanol–water partition coefficient (Wildman–Crippen LogP) is 11.0. The highest BCUT2D eigenvalue weighted by Crippen LogP contribution is 2.50. The third-order valence-electron chi connectivity index (χ3n) is 8.65. The molecule has 180 valence electrons. The van der Waals surface area contributed by atoms with Gasteiger partial charge in [0, 0.05) is 9.89 Å². The van der Waals surface area contributed by atoms with E-state index in [4.69, 9.17) is 0 Å². The normalized spacial score (nSPS) is 13.9. The van der Waals surface area contributed by atoms with Crippen molar-refractivity contribution in [2.75, 3.05) is 0 Å². The number of fused-ring (bicyclic) bond motifs is 3. The molecule has 0 saturated heterocycles. The summed E-state index contributed by atoms with van der Waals surface area (Å²) in [5, 5.41) is 7.97. The summed E-state index contributed by atoms with van der Waals surface area (Å²) in [6.07, 6.45) is 0. The fourth-order valence-electron chi connectivity index (χ4n) is 6.66. The minimum Gasteiger partial charge on any atom is -0.0610 e. The molecular formula is C37H25Br.